The summed E-state index contributed by atoms with van der Waals surface area (Å²) in [5, 5.41) is 3.52. The van der Waals surface area contributed by atoms with Crippen LogP contribution in [0.5, 0.6) is 0 Å². The molecule has 2 fully saturated rings. The fourth-order valence-corrected chi connectivity index (χ4v) is 5.87. The summed E-state index contributed by atoms with van der Waals surface area (Å²) in [6.07, 6.45) is 4.21. The van der Waals surface area contributed by atoms with Gasteiger partial charge >= 0.3 is 0 Å². The Hall–Kier alpha value is -3.52. The number of nitrogens with zero attached hydrogens (tertiary/aromatic N) is 2. The summed E-state index contributed by atoms with van der Waals surface area (Å²) < 4.78 is 14.6. The summed E-state index contributed by atoms with van der Waals surface area (Å²) in [7, 11) is 0. The van der Waals surface area contributed by atoms with Gasteiger partial charge in [-0.1, -0.05) is 12.1 Å². The molecule has 3 aliphatic heterocycles. The summed E-state index contributed by atoms with van der Waals surface area (Å²) >= 11 is 0. The molecule has 35 heavy (non-hydrogen) atoms. The molecule has 0 saturated carbocycles. The van der Waals surface area contributed by atoms with Crippen LogP contribution < -0.4 is 5.32 Å². The molecule has 1 unspecified atom stereocenters. The zero-order valence-corrected chi connectivity index (χ0v) is 19.4. The lowest BCUT2D eigenvalue weighted by Crippen LogP contribution is -2.52. The molecule has 6 rings (SSSR count). The molecule has 8 heteroatoms. The molecular formula is C27H27FN4O3. The summed E-state index contributed by atoms with van der Waals surface area (Å²) in [6, 6.07) is 10.7. The number of benzene rings is 2. The van der Waals surface area contributed by atoms with Crippen molar-refractivity contribution in [1.29, 1.82) is 0 Å². The summed E-state index contributed by atoms with van der Waals surface area (Å²) in [5.41, 5.74) is 4.46. The van der Waals surface area contributed by atoms with Gasteiger partial charge in [0, 0.05) is 36.8 Å². The number of hydrogen-bond acceptors (Lipinski definition) is 4. The van der Waals surface area contributed by atoms with E-state index in [4.69, 9.17) is 0 Å². The third-order valence-electron chi connectivity index (χ3n) is 7.71. The molecule has 180 valence electrons. The second-order valence-corrected chi connectivity index (χ2v) is 9.87. The summed E-state index contributed by atoms with van der Waals surface area (Å²) in [6.45, 7) is 2.93. The largest absolute Gasteiger partial charge is 0.361 e. The first kappa shape index (κ1) is 22.0. The quantitative estimate of drug-likeness (QED) is 0.568. The minimum absolute atomic E-state index is 0.163. The molecule has 3 aliphatic rings. The molecule has 2 saturated heterocycles. The van der Waals surface area contributed by atoms with Crippen LogP contribution in [0.3, 0.4) is 0 Å². The van der Waals surface area contributed by atoms with E-state index in [1.807, 2.05) is 6.20 Å². The standard InChI is InChI=1S/C27H27FN4O3/c28-19-12-20(22-15-32(27(35)21(22)13-19)24-3-4-25(33)30-26(24)34)17-6-9-31(10-7-17)14-16-1-2-18-5-8-29-23(18)11-16/h1-2,5,8,11-13,17,24,29H,3-4,6-7,9-10,14-15H2,(H,30,33,34). The number of amides is 3. The summed E-state index contributed by atoms with van der Waals surface area (Å²) in [4.78, 5) is 44.2. The lowest BCUT2D eigenvalue weighted by atomic mass is 9.85. The van der Waals surface area contributed by atoms with Crippen LogP contribution in [-0.4, -0.2) is 51.6 Å². The maximum Gasteiger partial charge on any atom is 0.255 e. The van der Waals surface area contributed by atoms with Crippen LogP contribution in [0.1, 0.15) is 58.6 Å². The van der Waals surface area contributed by atoms with Gasteiger partial charge in [0.05, 0.1) is 0 Å². The maximum atomic E-state index is 14.6. The predicted octanol–water partition coefficient (Wildman–Crippen LogP) is 3.45. The average molecular weight is 475 g/mol. The van der Waals surface area contributed by atoms with Gasteiger partial charge in [0.15, 0.2) is 0 Å². The number of aromatic nitrogens is 1. The molecule has 0 bridgehead atoms. The first-order chi connectivity index (χ1) is 17.0. The third kappa shape index (κ3) is 4.01. The highest BCUT2D eigenvalue weighted by atomic mass is 19.1. The van der Waals surface area contributed by atoms with E-state index < -0.39 is 17.8 Å². The zero-order chi connectivity index (χ0) is 24.1. The number of rotatable bonds is 4. The Morgan fingerprint density at radius 3 is 2.63 bits per heavy atom. The van der Waals surface area contributed by atoms with E-state index in [0.717, 1.165) is 49.1 Å². The molecule has 2 N–H and O–H groups in total. The topological polar surface area (TPSA) is 85.5 Å². The van der Waals surface area contributed by atoms with Crippen molar-refractivity contribution < 1.29 is 18.8 Å². The fourth-order valence-electron chi connectivity index (χ4n) is 5.87. The van der Waals surface area contributed by atoms with Crippen molar-refractivity contribution in [2.75, 3.05) is 13.1 Å². The molecule has 7 nitrogen and oxygen atoms in total. The number of imide groups is 1. The van der Waals surface area contributed by atoms with Crippen molar-refractivity contribution in [2.24, 2.45) is 0 Å². The Bertz CT molecular complexity index is 1340. The number of halogens is 1. The van der Waals surface area contributed by atoms with Crippen molar-refractivity contribution in [3.63, 3.8) is 0 Å². The minimum Gasteiger partial charge on any atom is -0.361 e. The molecule has 4 heterocycles. The van der Waals surface area contributed by atoms with Gasteiger partial charge in [0.25, 0.3) is 5.91 Å². The molecule has 2 aromatic carbocycles. The number of H-pyrrole nitrogens is 1. The first-order valence-electron chi connectivity index (χ1n) is 12.2. The Labute approximate surface area is 202 Å². The van der Waals surface area contributed by atoms with E-state index in [9.17, 15) is 18.8 Å². The van der Waals surface area contributed by atoms with Gasteiger partial charge in [0.1, 0.15) is 11.9 Å². The van der Waals surface area contributed by atoms with E-state index in [1.54, 1.807) is 6.07 Å². The summed E-state index contributed by atoms with van der Waals surface area (Å²) in [5.74, 6) is -1.35. The normalized spacial score (nSPS) is 21.6. The van der Waals surface area contributed by atoms with E-state index in [0.29, 0.717) is 12.0 Å². The molecule has 0 aliphatic carbocycles. The Kier molecular flexibility index (Phi) is 5.40. The van der Waals surface area contributed by atoms with Gasteiger partial charge in [-0.05, 0) is 84.6 Å². The smallest absolute Gasteiger partial charge is 0.255 e. The Morgan fingerprint density at radius 1 is 1.00 bits per heavy atom. The van der Waals surface area contributed by atoms with E-state index in [1.165, 1.54) is 21.9 Å². The second kappa shape index (κ2) is 8.61. The molecule has 3 amide bonds. The van der Waals surface area contributed by atoms with Gasteiger partial charge in [0.2, 0.25) is 11.8 Å². The van der Waals surface area contributed by atoms with Crippen LogP contribution in [0, 0.1) is 5.82 Å². The Morgan fingerprint density at radius 2 is 1.83 bits per heavy atom. The van der Waals surface area contributed by atoms with Crippen LogP contribution in [0.4, 0.5) is 4.39 Å². The third-order valence-corrected chi connectivity index (χ3v) is 7.71. The number of hydrogen-bond donors (Lipinski definition) is 2. The SMILES string of the molecule is O=C1CCC(N2Cc3c(cc(F)cc3C3CCN(Cc4ccc5cc[nH]c5c4)CC3)C2=O)C(=O)N1. The first-order valence-corrected chi connectivity index (χ1v) is 12.2. The van der Waals surface area contributed by atoms with Crippen molar-refractivity contribution >= 4 is 28.6 Å². The molecule has 0 spiro atoms. The lowest BCUT2D eigenvalue weighted by Gasteiger charge is -2.33. The van der Waals surface area contributed by atoms with Crippen LogP contribution in [0.25, 0.3) is 10.9 Å². The van der Waals surface area contributed by atoms with Gasteiger partial charge < -0.3 is 9.88 Å². The highest BCUT2D eigenvalue weighted by Crippen LogP contribution is 2.38. The average Bonchev–Trinajstić information content (AvgIpc) is 3.44. The molecular weight excluding hydrogens is 447 g/mol. The number of aromatic amines is 1. The number of piperidine rings is 2. The van der Waals surface area contributed by atoms with Crippen LogP contribution in [0.2, 0.25) is 0 Å². The zero-order valence-electron chi connectivity index (χ0n) is 19.4. The van der Waals surface area contributed by atoms with Gasteiger partial charge in [-0.3, -0.25) is 24.6 Å². The predicted molar refractivity (Wildman–Crippen MR) is 128 cm³/mol. The van der Waals surface area contributed by atoms with Crippen molar-refractivity contribution in [1.82, 2.24) is 20.1 Å². The number of carbonyl (C=O) groups is 3. The van der Waals surface area contributed by atoms with Gasteiger partial charge in [-0.25, -0.2) is 4.39 Å². The number of nitrogens with one attached hydrogen (secondary N) is 2. The second-order valence-electron chi connectivity index (χ2n) is 9.87. The maximum absolute atomic E-state index is 14.6. The highest BCUT2D eigenvalue weighted by Gasteiger charge is 2.41. The van der Waals surface area contributed by atoms with Crippen molar-refractivity contribution in [2.45, 2.75) is 50.7 Å². The highest BCUT2D eigenvalue weighted by molar-refractivity contribution is 6.05. The fraction of sp³-hybridized carbons (Fsp3) is 0.370. The van der Waals surface area contributed by atoms with Crippen LogP contribution in [0.15, 0.2) is 42.6 Å². The molecule has 3 aromatic rings. The van der Waals surface area contributed by atoms with Crippen LogP contribution >= 0.6 is 0 Å². The molecule has 0 radical (unpaired) electrons. The van der Waals surface area contributed by atoms with E-state index >= 15 is 0 Å². The van der Waals surface area contributed by atoms with Gasteiger partial charge in [-0.15, -0.1) is 0 Å². The van der Waals surface area contributed by atoms with Crippen LogP contribution in [-0.2, 0) is 22.7 Å². The minimum atomic E-state index is -0.692. The van der Waals surface area contributed by atoms with Crippen molar-refractivity contribution in [3.05, 3.63) is 70.7 Å². The van der Waals surface area contributed by atoms with Gasteiger partial charge in [-0.2, -0.15) is 0 Å². The Balaban J connectivity index is 1.17. The monoisotopic (exact) mass is 474 g/mol. The van der Waals surface area contributed by atoms with E-state index in [-0.39, 0.29) is 30.7 Å². The number of fused-ring (bicyclic) bond motifs is 2. The van der Waals surface area contributed by atoms with E-state index in [2.05, 4.69) is 39.5 Å². The molecule has 1 aromatic heterocycles. The van der Waals surface area contributed by atoms with Crippen molar-refractivity contribution in [3.8, 4) is 0 Å². The lowest BCUT2D eigenvalue weighted by molar-refractivity contribution is -0.136. The number of carbonyl (C=O) groups excluding carboxylic acids is 3. The molecule has 1 atom stereocenters. The number of likely N-dealkylation sites (tertiary alicyclic amines) is 1.